The van der Waals surface area contributed by atoms with Gasteiger partial charge in [-0.2, -0.15) is 0 Å². The lowest BCUT2D eigenvalue weighted by molar-refractivity contribution is 0.0240. The minimum absolute atomic E-state index is 0.269. The summed E-state index contributed by atoms with van der Waals surface area (Å²) < 4.78 is 10.8. The van der Waals surface area contributed by atoms with Crippen molar-refractivity contribution in [2.75, 3.05) is 31.1 Å². The van der Waals surface area contributed by atoms with Gasteiger partial charge in [-0.3, -0.25) is 0 Å². The van der Waals surface area contributed by atoms with Crippen molar-refractivity contribution in [1.29, 1.82) is 0 Å². The zero-order chi connectivity index (χ0) is 16.6. The largest absolute Gasteiger partial charge is 0.444 e. The second-order valence-electron chi connectivity index (χ2n) is 6.72. The van der Waals surface area contributed by atoms with Crippen LogP contribution in [0.4, 0.5) is 10.6 Å². The van der Waals surface area contributed by atoms with Gasteiger partial charge in [0.15, 0.2) is 11.4 Å². The van der Waals surface area contributed by atoms with Crippen molar-refractivity contribution in [3.05, 3.63) is 18.2 Å². The van der Waals surface area contributed by atoms with Crippen LogP contribution in [0.2, 0.25) is 0 Å². The molecule has 1 saturated heterocycles. The van der Waals surface area contributed by atoms with E-state index >= 15 is 0 Å². The molecule has 1 fully saturated rings. The monoisotopic (exact) mass is 313 g/mol. The van der Waals surface area contributed by atoms with Gasteiger partial charge >= 0.3 is 6.09 Å². The van der Waals surface area contributed by atoms with Crippen LogP contribution in [0.15, 0.2) is 22.7 Å². The third-order valence-corrected chi connectivity index (χ3v) is 3.71. The van der Waals surface area contributed by atoms with E-state index in [4.69, 9.17) is 17.1 Å². The van der Waals surface area contributed by atoms with Crippen LogP contribution in [0.5, 0.6) is 0 Å². The van der Waals surface area contributed by atoms with E-state index in [0.29, 0.717) is 37.2 Å². The number of carbonyl (C=O) groups is 1. The molecule has 0 bridgehead atoms. The lowest BCUT2D eigenvalue weighted by Gasteiger charge is -2.35. The van der Waals surface area contributed by atoms with Crippen molar-refractivity contribution in [3.63, 3.8) is 0 Å². The Hall–Kier alpha value is -2.18. The van der Waals surface area contributed by atoms with E-state index < -0.39 is 5.60 Å². The number of fused-ring (bicyclic) bond motifs is 1. The Morgan fingerprint density at radius 1 is 1.26 bits per heavy atom. The molecule has 1 aliphatic heterocycles. The molecule has 23 heavy (non-hydrogen) atoms. The first-order valence-corrected chi connectivity index (χ1v) is 7.71. The molecular formula is C16H20BN3O3. The molecule has 7 heteroatoms. The van der Waals surface area contributed by atoms with Gasteiger partial charge in [0, 0.05) is 26.2 Å². The quantitative estimate of drug-likeness (QED) is 0.750. The number of hydrogen-bond acceptors (Lipinski definition) is 5. The molecule has 0 aliphatic carbocycles. The fraction of sp³-hybridized carbons (Fsp3) is 0.500. The summed E-state index contributed by atoms with van der Waals surface area (Å²) in [5.74, 6) is 0.795. The number of nitrogens with zero attached hydrogens (tertiary/aromatic N) is 3. The van der Waals surface area contributed by atoms with E-state index in [9.17, 15) is 4.79 Å². The summed E-state index contributed by atoms with van der Waals surface area (Å²) in [7, 11) is 5.75. The highest BCUT2D eigenvalue weighted by Gasteiger charge is 2.27. The van der Waals surface area contributed by atoms with Crippen LogP contribution in [0.25, 0.3) is 11.0 Å². The van der Waals surface area contributed by atoms with Crippen LogP contribution in [0.3, 0.4) is 0 Å². The molecule has 6 nitrogen and oxygen atoms in total. The topological polar surface area (TPSA) is 58.8 Å². The van der Waals surface area contributed by atoms with Crippen molar-refractivity contribution in [2.24, 2.45) is 0 Å². The van der Waals surface area contributed by atoms with Gasteiger partial charge in [0.2, 0.25) is 0 Å². The predicted octanol–water partition coefficient (Wildman–Crippen LogP) is 1.68. The highest BCUT2D eigenvalue weighted by atomic mass is 16.6. The number of hydrogen-bond donors (Lipinski definition) is 0. The van der Waals surface area contributed by atoms with E-state index in [2.05, 4.69) is 10.1 Å². The Balaban J connectivity index is 1.67. The second-order valence-corrected chi connectivity index (χ2v) is 6.72. The number of anilines is 1. The Labute approximate surface area is 136 Å². The number of benzene rings is 1. The minimum atomic E-state index is -0.476. The molecule has 0 unspecified atom stereocenters. The average molecular weight is 313 g/mol. The zero-order valence-electron chi connectivity index (χ0n) is 13.7. The number of rotatable bonds is 1. The van der Waals surface area contributed by atoms with Gasteiger partial charge in [-0.15, -0.1) is 0 Å². The minimum Gasteiger partial charge on any atom is -0.444 e. The van der Waals surface area contributed by atoms with E-state index in [1.807, 2.05) is 32.9 Å². The maximum atomic E-state index is 12.1. The maximum absolute atomic E-state index is 12.1. The zero-order valence-corrected chi connectivity index (χ0v) is 13.7. The van der Waals surface area contributed by atoms with Crippen molar-refractivity contribution in [2.45, 2.75) is 26.4 Å². The van der Waals surface area contributed by atoms with Crippen LogP contribution in [0.1, 0.15) is 20.8 Å². The third-order valence-electron chi connectivity index (χ3n) is 3.71. The van der Waals surface area contributed by atoms with Crippen LogP contribution in [-0.4, -0.2) is 55.8 Å². The first-order chi connectivity index (χ1) is 10.8. The van der Waals surface area contributed by atoms with Gasteiger partial charge < -0.3 is 19.1 Å². The van der Waals surface area contributed by atoms with Gasteiger partial charge in [0.25, 0.3) is 0 Å². The summed E-state index contributed by atoms with van der Waals surface area (Å²) in [6, 6.07) is 5.51. The normalized spacial score (nSPS) is 16.0. The molecule has 3 rings (SSSR count). The Bertz CT molecular complexity index is 715. The molecule has 2 aromatic rings. The summed E-state index contributed by atoms with van der Waals surface area (Å²) in [5, 5.41) is 5.09. The number of carbonyl (C=O) groups excluding carboxylic acids is 1. The summed E-state index contributed by atoms with van der Waals surface area (Å²) in [6.45, 7) is 8.17. The van der Waals surface area contributed by atoms with Gasteiger partial charge in [-0.1, -0.05) is 16.7 Å². The molecule has 0 atom stereocenters. The summed E-state index contributed by atoms with van der Waals surface area (Å²) in [5.41, 5.74) is 0.848. The smallest absolute Gasteiger partial charge is 0.410 e. The third kappa shape index (κ3) is 3.43. The first-order valence-electron chi connectivity index (χ1n) is 7.71. The van der Waals surface area contributed by atoms with Gasteiger partial charge in [0.1, 0.15) is 13.4 Å². The van der Waals surface area contributed by atoms with Crippen LogP contribution in [-0.2, 0) is 4.74 Å². The van der Waals surface area contributed by atoms with Crippen LogP contribution >= 0.6 is 0 Å². The van der Waals surface area contributed by atoms with Gasteiger partial charge in [-0.25, -0.2) is 4.79 Å². The van der Waals surface area contributed by atoms with E-state index in [0.717, 1.165) is 11.2 Å². The first kappa shape index (κ1) is 15.7. The molecule has 2 heterocycles. The number of piperazine rings is 1. The van der Waals surface area contributed by atoms with Crippen LogP contribution in [0, 0.1) is 0 Å². The Morgan fingerprint density at radius 3 is 2.61 bits per heavy atom. The summed E-state index contributed by atoms with van der Waals surface area (Å²) in [6.07, 6.45) is -0.269. The standard InChI is InChI=1S/C16H20BN3O3/c1-16(2,3)22-15(21)20-8-6-19(7-9-20)14-12-5-4-11(17)10-13(12)23-18-14/h4-5,10H,6-9H2,1-3H3. The van der Waals surface area contributed by atoms with E-state index in [-0.39, 0.29) is 6.09 Å². The molecular weight excluding hydrogens is 293 g/mol. The number of ether oxygens (including phenoxy) is 1. The molecule has 2 radical (unpaired) electrons. The van der Waals surface area contributed by atoms with E-state index in [1.165, 1.54) is 0 Å². The lowest BCUT2D eigenvalue weighted by atomic mass is 9.95. The maximum Gasteiger partial charge on any atom is 0.410 e. The fourth-order valence-electron chi connectivity index (χ4n) is 2.60. The van der Waals surface area contributed by atoms with Crippen LogP contribution < -0.4 is 10.4 Å². The Morgan fingerprint density at radius 2 is 1.96 bits per heavy atom. The SMILES string of the molecule is [B]c1ccc2c(N3CCN(C(=O)OC(C)(C)C)CC3)noc2c1. The van der Waals surface area contributed by atoms with E-state index in [1.54, 1.807) is 11.0 Å². The molecule has 120 valence electrons. The lowest BCUT2D eigenvalue weighted by Crippen LogP contribution is -2.50. The van der Waals surface area contributed by atoms with Crippen molar-refractivity contribution < 1.29 is 14.1 Å². The molecule has 1 aromatic carbocycles. The molecule has 1 aliphatic rings. The van der Waals surface area contributed by atoms with Gasteiger partial charge in [-0.05, 0) is 32.9 Å². The molecule has 1 amide bonds. The number of amides is 1. The summed E-state index contributed by atoms with van der Waals surface area (Å²) >= 11 is 0. The predicted molar refractivity (Wildman–Crippen MR) is 89.4 cm³/mol. The average Bonchev–Trinajstić information content (AvgIpc) is 2.88. The molecule has 0 spiro atoms. The Kier molecular flexibility index (Phi) is 3.96. The highest BCUT2D eigenvalue weighted by molar-refractivity contribution is 6.33. The molecule has 0 N–H and O–H groups in total. The van der Waals surface area contributed by atoms with Crippen molar-refractivity contribution >= 4 is 36.2 Å². The summed E-state index contributed by atoms with van der Waals surface area (Å²) in [4.78, 5) is 15.9. The van der Waals surface area contributed by atoms with Crippen molar-refractivity contribution in [3.8, 4) is 0 Å². The number of aromatic nitrogens is 1. The molecule has 0 saturated carbocycles. The molecule has 1 aromatic heterocycles. The fourth-order valence-corrected chi connectivity index (χ4v) is 2.60. The highest BCUT2D eigenvalue weighted by Crippen LogP contribution is 2.26. The van der Waals surface area contributed by atoms with Crippen molar-refractivity contribution in [1.82, 2.24) is 10.1 Å². The van der Waals surface area contributed by atoms with Gasteiger partial charge in [0.05, 0.1) is 5.39 Å². The second kappa shape index (κ2) is 5.79.